The number of fused-ring (bicyclic) bond motifs is 5. The lowest BCUT2D eigenvalue weighted by molar-refractivity contribution is -0.110. The molecule has 0 heterocycles. The average molecular weight is 375 g/mol. The molecule has 0 amide bonds. The van der Waals surface area contributed by atoms with Gasteiger partial charge in [0.2, 0.25) is 0 Å². The minimum Gasteiger partial charge on any atom is -0.290 e. The first-order valence-electron chi connectivity index (χ1n) is 10.2. The van der Waals surface area contributed by atoms with Crippen LogP contribution in [0.15, 0.2) is 48.1 Å². The van der Waals surface area contributed by atoms with Gasteiger partial charge in [-0.1, -0.05) is 49.8 Å². The van der Waals surface area contributed by atoms with Crippen LogP contribution >= 0.6 is 0 Å². The molecule has 28 heavy (non-hydrogen) atoms. The standard InChI is InChI=1S/C23H30O.2C2H2/c1-14(2)19-8-9-20-18-7-6-16-12-17(24)10-11-22(16,4)21(18)15(3)13-23(19,20)5;2*1-2/h10-12,18-21H,1,3,6-9,13H2,2,4-5H3;2*1-2H. The molecule has 0 aromatic heterocycles. The number of allylic oxidation sites excluding steroid dienone is 6. The smallest absolute Gasteiger partial charge is 0.178 e. The predicted octanol–water partition coefficient (Wildman–Crippen LogP) is 6.15. The van der Waals surface area contributed by atoms with Crippen molar-refractivity contribution in [2.24, 2.45) is 34.5 Å². The van der Waals surface area contributed by atoms with Gasteiger partial charge < -0.3 is 0 Å². The highest BCUT2D eigenvalue weighted by molar-refractivity contribution is 6.01. The van der Waals surface area contributed by atoms with Crippen LogP contribution in [0, 0.1) is 60.2 Å². The lowest BCUT2D eigenvalue weighted by atomic mass is 9.46. The molecule has 6 atom stereocenters. The maximum Gasteiger partial charge on any atom is 0.178 e. The first-order valence-corrected chi connectivity index (χ1v) is 10.2. The summed E-state index contributed by atoms with van der Waals surface area (Å²) in [5.74, 6) is 2.80. The maximum absolute atomic E-state index is 11.9. The van der Waals surface area contributed by atoms with E-state index < -0.39 is 0 Å². The summed E-state index contributed by atoms with van der Waals surface area (Å²) in [5.41, 5.74) is 4.47. The molecule has 148 valence electrons. The van der Waals surface area contributed by atoms with Crippen LogP contribution in [0.1, 0.15) is 52.9 Å². The van der Waals surface area contributed by atoms with Gasteiger partial charge >= 0.3 is 0 Å². The van der Waals surface area contributed by atoms with E-state index in [0.29, 0.717) is 23.2 Å². The molecule has 4 rings (SSSR count). The van der Waals surface area contributed by atoms with Crippen molar-refractivity contribution in [1.82, 2.24) is 0 Å². The van der Waals surface area contributed by atoms with E-state index in [1.807, 2.05) is 6.08 Å². The summed E-state index contributed by atoms with van der Waals surface area (Å²) in [4.78, 5) is 11.9. The Morgan fingerprint density at radius 3 is 2.39 bits per heavy atom. The Hall–Kier alpha value is -2.25. The molecule has 0 aliphatic heterocycles. The first kappa shape index (κ1) is 22.0. The molecule has 4 aliphatic rings. The highest BCUT2D eigenvalue weighted by Gasteiger charge is 2.59. The van der Waals surface area contributed by atoms with E-state index in [1.165, 1.54) is 36.0 Å². The Morgan fingerprint density at radius 2 is 1.79 bits per heavy atom. The van der Waals surface area contributed by atoms with Crippen molar-refractivity contribution >= 4 is 5.78 Å². The van der Waals surface area contributed by atoms with Crippen molar-refractivity contribution in [2.45, 2.75) is 52.9 Å². The summed E-state index contributed by atoms with van der Waals surface area (Å²) in [6, 6.07) is 0. The number of hydrogen-bond acceptors (Lipinski definition) is 1. The molecule has 1 nitrogen and oxygen atoms in total. The molecule has 4 aliphatic carbocycles. The Labute approximate surface area is 172 Å². The Kier molecular flexibility index (Phi) is 6.31. The molecule has 3 saturated carbocycles. The topological polar surface area (TPSA) is 17.1 Å². The largest absolute Gasteiger partial charge is 0.290 e. The number of carbonyl (C=O) groups is 1. The second-order valence-corrected chi connectivity index (χ2v) is 9.29. The third-order valence-corrected chi connectivity index (χ3v) is 7.99. The fraction of sp³-hybridized carbons (Fsp3) is 0.519. The van der Waals surface area contributed by atoms with Crippen LogP contribution < -0.4 is 0 Å². The number of ketones is 1. The summed E-state index contributed by atoms with van der Waals surface area (Å²) in [5, 5.41) is 0. The van der Waals surface area contributed by atoms with Crippen molar-refractivity contribution in [3.8, 4) is 25.7 Å². The van der Waals surface area contributed by atoms with Gasteiger partial charge in [0.05, 0.1) is 0 Å². The monoisotopic (exact) mass is 374 g/mol. The Morgan fingerprint density at radius 1 is 1.14 bits per heavy atom. The Bertz CT molecular complexity index is 767. The van der Waals surface area contributed by atoms with Crippen molar-refractivity contribution < 1.29 is 4.79 Å². The second-order valence-electron chi connectivity index (χ2n) is 9.29. The lowest BCUT2D eigenvalue weighted by Crippen LogP contribution is -2.50. The average Bonchev–Trinajstić information content (AvgIpc) is 3.02. The summed E-state index contributed by atoms with van der Waals surface area (Å²) < 4.78 is 0. The van der Waals surface area contributed by atoms with Crippen molar-refractivity contribution in [2.75, 3.05) is 0 Å². The van der Waals surface area contributed by atoms with Crippen molar-refractivity contribution in [3.05, 3.63) is 48.1 Å². The minimum absolute atomic E-state index is 0.0105. The fourth-order valence-electron chi connectivity index (χ4n) is 7.11. The molecule has 0 aromatic carbocycles. The highest BCUT2D eigenvalue weighted by Crippen LogP contribution is 2.67. The molecule has 0 spiro atoms. The van der Waals surface area contributed by atoms with Crippen LogP contribution in [0.3, 0.4) is 0 Å². The highest BCUT2D eigenvalue weighted by atomic mass is 16.1. The molecular formula is C27H34O. The van der Waals surface area contributed by atoms with Crippen molar-refractivity contribution in [1.29, 1.82) is 0 Å². The summed E-state index contributed by atoms with van der Waals surface area (Å²) >= 11 is 0. The van der Waals surface area contributed by atoms with E-state index in [2.05, 4.69) is 65.7 Å². The summed E-state index contributed by atoms with van der Waals surface area (Å²) in [6.45, 7) is 15.9. The normalized spacial score (nSPS) is 40.3. The van der Waals surface area contributed by atoms with Crippen LogP contribution in [-0.2, 0) is 4.79 Å². The summed E-state index contributed by atoms with van der Waals surface area (Å²) in [6.07, 6.45) is 27.9. The van der Waals surface area contributed by atoms with Gasteiger partial charge in [-0.25, -0.2) is 0 Å². The number of hydrogen-bond donors (Lipinski definition) is 0. The SMILES string of the molecule is C#C.C#C.C=C1CC2(C)C(C(=C)C)CCC2C2CCC3=CC(=O)C=CC3(C)C12. The zero-order valence-corrected chi connectivity index (χ0v) is 17.7. The van der Waals surface area contributed by atoms with Gasteiger partial charge in [0.15, 0.2) is 5.78 Å². The fourth-order valence-corrected chi connectivity index (χ4v) is 7.11. The molecular weight excluding hydrogens is 340 g/mol. The van der Waals surface area contributed by atoms with Crippen LogP contribution in [0.25, 0.3) is 0 Å². The molecule has 3 fully saturated rings. The molecule has 0 radical (unpaired) electrons. The van der Waals surface area contributed by atoms with Gasteiger partial charge in [0, 0.05) is 5.41 Å². The number of carbonyl (C=O) groups excluding carboxylic acids is 1. The molecule has 0 bridgehead atoms. The quantitative estimate of drug-likeness (QED) is 0.397. The van der Waals surface area contributed by atoms with Crippen LogP contribution in [0.5, 0.6) is 0 Å². The number of rotatable bonds is 1. The van der Waals surface area contributed by atoms with Gasteiger partial charge in [-0.05, 0) is 80.3 Å². The Balaban J connectivity index is 0.000000660. The molecule has 0 N–H and O–H groups in total. The second kappa shape index (κ2) is 8.01. The van der Waals surface area contributed by atoms with Crippen LogP contribution in [0.2, 0.25) is 0 Å². The molecule has 0 aromatic rings. The van der Waals surface area contributed by atoms with Gasteiger partial charge in [0.25, 0.3) is 0 Å². The van der Waals surface area contributed by atoms with Gasteiger partial charge in [-0.3, -0.25) is 4.79 Å². The van der Waals surface area contributed by atoms with E-state index in [-0.39, 0.29) is 11.2 Å². The summed E-state index contributed by atoms with van der Waals surface area (Å²) in [7, 11) is 0. The predicted molar refractivity (Wildman–Crippen MR) is 119 cm³/mol. The van der Waals surface area contributed by atoms with E-state index >= 15 is 0 Å². The zero-order chi connectivity index (χ0) is 21.3. The van der Waals surface area contributed by atoms with E-state index in [0.717, 1.165) is 18.8 Å². The van der Waals surface area contributed by atoms with E-state index in [9.17, 15) is 4.79 Å². The van der Waals surface area contributed by atoms with Gasteiger partial charge in [-0.2, -0.15) is 0 Å². The molecule has 0 saturated heterocycles. The molecule has 1 heteroatoms. The minimum atomic E-state index is 0.0105. The maximum atomic E-state index is 11.9. The van der Waals surface area contributed by atoms with Crippen LogP contribution in [0.4, 0.5) is 0 Å². The van der Waals surface area contributed by atoms with E-state index in [4.69, 9.17) is 0 Å². The van der Waals surface area contributed by atoms with Gasteiger partial charge in [-0.15, -0.1) is 25.7 Å². The third kappa shape index (κ3) is 3.12. The van der Waals surface area contributed by atoms with E-state index in [1.54, 1.807) is 6.08 Å². The van der Waals surface area contributed by atoms with Gasteiger partial charge in [0.1, 0.15) is 0 Å². The zero-order valence-electron chi connectivity index (χ0n) is 17.7. The molecule has 6 unspecified atom stereocenters. The van der Waals surface area contributed by atoms with Crippen molar-refractivity contribution in [3.63, 3.8) is 0 Å². The third-order valence-electron chi connectivity index (χ3n) is 7.99. The van der Waals surface area contributed by atoms with Crippen LogP contribution in [-0.4, -0.2) is 5.78 Å². The number of terminal acetylenes is 2. The first-order chi connectivity index (χ1) is 13.3. The lowest BCUT2D eigenvalue weighted by Gasteiger charge is -2.58.